The largest absolute Gasteiger partial charge is 0.508 e. The fraction of sp³-hybridized carbons (Fsp3) is 0.636. The molecular formula is C22H31NO. The van der Waals surface area contributed by atoms with Crippen molar-refractivity contribution in [2.45, 2.75) is 70.3 Å². The molecule has 1 saturated heterocycles. The van der Waals surface area contributed by atoms with Crippen LogP contribution in [-0.4, -0.2) is 29.1 Å². The molecule has 0 radical (unpaired) electrons. The van der Waals surface area contributed by atoms with E-state index in [0.717, 1.165) is 18.9 Å². The van der Waals surface area contributed by atoms with Crippen molar-refractivity contribution >= 4 is 0 Å². The van der Waals surface area contributed by atoms with Gasteiger partial charge in [0.25, 0.3) is 0 Å². The Morgan fingerprint density at radius 1 is 1.33 bits per heavy atom. The van der Waals surface area contributed by atoms with Gasteiger partial charge in [0, 0.05) is 18.0 Å². The van der Waals surface area contributed by atoms with Crippen LogP contribution < -0.4 is 0 Å². The highest BCUT2D eigenvalue weighted by molar-refractivity contribution is 5.45. The van der Waals surface area contributed by atoms with Crippen molar-refractivity contribution in [3.8, 4) is 5.75 Å². The summed E-state index contributed by atoms with van der Waals surface area (Å²) < 4.78 is 0. The van der Waals surface area contributed by atoms with E-state index in [4.69, 9.17) is 0 Å². The molecule has 2 fully saturated rings. The molecule has 4 rings (SSSR count). The lowest BCUT2D eigenvalue weighted by atomic mass is 9.52. The van der Waals surface area contributed by atoms with E-state index in [1.807, 2.05) is 6.07 Å². The molecule has 0 spiro atoms. The van der Waals surface area contributed by atoms with Gasteiger partial charge in [-0.2, -0.15) is 0 Å². The van der Waals surface area contributed by atoms with Crippen LogP contribution in [0.3, 0.4) is 0 Å². The van der Waals surface area contributed by atoms with Gasteiger partial charge in [-0.25, -0.2) is 0 Å². The van der Waals surface area contributed by atoms with Gasteiger partial charge in [-0.15, -0.1) is 0 Å². The molecule has 2 nitrogen and oxygen atoms in total. The highest BCUT2D eigenvalue weighted by Crippen LogP contribution is 2.56. The van der Waals surface area contributed by atoms with E-state index >= 15 is 0 Å². The molecule has 2 bridgehead atoms. The molecule has 2 aliphatic carbocycles. The molecule has 1 aromatic carbocycles. The van der Waals surface area contributed by atoms with Gasteiger partial charge in [0.15, 0.2) is 0 Å². The Hall–Kier alpha value is -1.28. The van der Waals surface area contributed by atoms with Crippen molar-refractivity contribution < 1.29 is 5.11 Å². The third-order valence-electron chi connectivity index (χ3n) is 7.17. The summed E-state index contributed by atoms with van der Waals surface area (Å²) in [4.78, 5) is 2.75. The molecule has 1 heterocycles. The molecule has 3 aliphatic rings. The molecule has 1 N–H and O–H groups in total. The number of phenols is 1. The zero-order valence-electron chi connectivity index (χ0n) is 15.2. The van der Waals surface area contributed by atoms with E-state index in [-0.39, 0.29) is 0 Å². The number of hydrogen-bond donors (Lipinski definition) is 1. The highest BCUT2D eigenvalue weighted by Gasteiger charge is 2.53. The zero-order valence-corrected chi connectivity index (χ0v) is 15.2. The summed E-state index contributed by atoms with van der Waals surface area (Å²) in [5.74, 6) is 1.24. The second kappa shape index (κ2) is 6.22. The minimum absolute atomic E-state index is 0.343. The summed E-state index contributed by atoms with van der Waals surface area (Å²) >= 11 is 0. The summed E-state index contributed by atoms with van der Waals surface area (Å²) in [6, 6.07) is 6.87. The van der Waals surface area contributed by atoms with Gasteiger partial charge in [0.1, 0.15) is 5.75 Å². The molecule has 24 heavy (non-hydrogen) atoms. The van der Waals surface area contributed by atoms with Crippen LogP contribution in [0.25, 0.3) is 0 Å². The standard InChI is InChI=1S/C22H31NO/c1-3-16(2)9-12-23-13-11-22-10-5-4-6-19(22)21(23)14-17-7-8-18(24)15-20(17)22/h7-9,15,19,21,24H,3-6,10-14H2,1-2H3/b16-9+/t19-,21+,22-/m0/s1. The third-order valence-corrected chi connectivity index (χ3v) is 7.17. The van der Waals surface area contributed by atoms with Gasteiger partial charge in [-0.05, 0) is 74.8 Å². The summed E-state index contributed by atoms with van der Waals surface area (Å²) in [6.07, 6.45) is 11.5. The Balaban J connectivity index is 1.71. The second-order valence-electron chi connectivity index (χ2n) is 8.27. The van der Waals surface area contributed by atoms with Crippen LogP contribution in [0.15, 0.2) is 29.8 Å². The smallest absolute Gasteiger partial charge is 0.115 e. The van der Waals surface area contributed by atoms with Crippen molar-refractivity contribution in [2.24, 2.45) is 5.92 Å². The summed E-state index contributed by atoms with van der Waals surface area (Å²) in [5, 5.41) is 10.1. The minimum Gasteiger partial charge on any atom is -0.508 e. The summed E-state index contributed by atoms with van der Waals surface area (Å²) in [6.45, 7) is 6.83. The van der Waals surface area contributed by atoms with Gasteiger partial charge in [0.05, 0.1) is 0 Å². The number of rotatable bonds is 3. The fourth-order valence-corrected chi connectivity index (χ4v) is 5.72. The highest BCUT2D eigenvalue weighted by atomic mass is 16.3. The Morgan fingerprint density at radius 3 is 3.04 bits per heavy atom. The predicted molar refractivity (Wildman–Crippen MR) is 99.5 cm³/mol. The number of allylic oxidation sites excluding steroid dienone is 1. The zero-order chi connectivity index (χ0) is 16.7. The van der Waals surface area contributed by atoms with Crippen LogP contribution in [-0.2, 0) is 11.8 Å². The number of fused-ring (bicyclic) bond motifs is 1. The predicted octanol–water partition coefficient (Wildman–Crippen LogP) is 4.81. The Bertz CT molecular complexity index is 649. The number of benzene rings is 1. The van der Waals surface area contributed by atoms with Crippen molar-refractivity contribution in [1.29, 1.82) is 0 Å². The van der Waals surface area contributed by atoms with Crippen molar-refractivity contribution in [3.63, 3.8) is 0 Å². The molecular weight excluding hydrogens is 294 g/mol. The molecule has 0 amide bonds. The van der Waals surface area contributed by atoms with Crippen LogP contribution in [0, 0.1) is 5.92 Å². The molecule has 2 heteroatoms. The van der Waals surface area contributed by atoms with Gasteiger partial charge >= 0.3 is 0 Å². The van der Waals surface area contributed by atoms with E-state index in [1.54, 1.807) is 0 Å². The average Bonchev–Trinajstić information content (AvgIpc) is 2.61. The van der Waals surface area contributed by atoms with Crippen LogP contribution in [0.1, 0.15) is 63.5 Å². The van der Waals surface area contributed by atoms with Crippen LogP contribution in [0.4, 0.5) is 0 Å². The maximum Gasteiger partial charge on any atom is 0.115 e. The number of phenolic OH excluding ortho intramolecular Hbond substituents is 1. The quantitative estimate of drug-likeness (QED) is 0.806. The first kappa shape index (κ1) is 16.2. The third kappa shape index (κ3) is 2.50. The van der Waals surface area contributed by atoms with Crippen molar-refractivity contribution in [1.82, 2.24) is 4.90 Å². The first-order valence-electron chi connectivity index (χ1n) is 9.86. The van der Waals surface area contributed by atoms with Crippen molar-refractivity contribution in [3.05, 3.63) is 41.0 Å². The maximum atomic E-state index is 10.1. The van der Waals surface area contributed by atoms with Crippen LogP contribution in [0.5, 0.6) is 5.75 Å². The number of aromatic hydroxyl groups is 1. The lowest BCUT2D eigenvalue weighted by Gasteiger charge is -2.59. The second-order valence-corrected chi connectivity index (χ2v) is 8.27. The summed E-state index contributed by atoms with van der Waals surface area (Å²) in [7, 11) is 0. The number of hydrogen-bond acceptors (Lipinski definition) is 2. The van der Waals surface area contributed by atoms with E-state index in [0.29, 0.717) is 17.2 Å². The molecule has 1 saturated carbocycles. The van der Waals surface area contributed by atoms with Crippen molar-refractivity contribution in [2.75, 3.05) is 13.1 Å². The molecule has 1 aliphatic heterocycles. The van der Waals surface area contributed by atoms with Gasteiger partial charge in [-0.1, -0.05) is 37.5 Å². The number of nitrogens with zero attached hydrogens (tertiary/aromatic N) is 1. The topological polar surface area (TPSA) is 23.5 Å². The maximum absolute atomic E-state index is 10.1. The molecule has 1 aromatic rings. The lowest BCUT2D eigenvalue weighted by Crippen LogP contribution is -2.60. The Labute approximate surface area is 146 Å². The van der Waals surface area contributed by atoms with Gasteiger partial charge in [0.2, 0.25) is 0 Å². The molecule has 130 valence electrons. The van der Waals surface area contributed by atoms with E-state index in [2.05, 4.69) is 37.0 Å². The van der Waals surface area contributed by atoms with Gasteiger partial charge in [-0.3, -0.25) is 4.90 Å². The van der Waals surface area contributed by atoms with E-state index in [1.165, 1.54) is 61.8 Å². The Morgan fingerprint density at radius 2 is 2.21 bits per heavy atom. The summed E-state index contributed by atoms with van der Waals surface area (Å²) in [5.41, 5.74) is 4.84. The van der Waals surface area contributed by atoms with Crippen LogP contribution in [0.2, 0.25) is 0 Å². The average molecular weight is 325 g/mol. The molecule has 0 unspecified atom stereocenters. The first-order valence-corrected chi connectivity index (χ1v) is 9.86. The SMILES string of the molecule is CC/C(C)=C/CN1CC[C@@]23CCCC[C@H]2[C@H]1Cc1ccc(O)cc13. The van der Waals surface area contributed by atoms with Crippen LogP contribution >= 0.6 is 0 Å². The van der Waals surface area contributed by atoms with E-state index in [9.17, 15) is 5.11 Å². The lowest BCUT2D eigenvalue weighted by molar-refractivity contribution is -0.00530. The monoisotopic (exact) mass is 325 g/mol. The minimum atomic E-state index is 0.343. The van der Waals surface area contributed by atoms with E-state index < -0.39 is 0 Å². The Kier molecular flexibility index (Phi) is 4.20. The fourth-order valence-electron chi connectivity index (χ4n) is 5.72. The first-order chi connectivity index (χ1) is 11.6. The molecule has 0 aromatic heterocycles. The normalized spacial score (nSPS) is 33.0. The molecule has 3 atom stereocenters. The van der Waals surface area contributed by atoms with Gasteiger partial charge < -0.3 is 5.11 Å². The number of likely N-dealkylation sites (tertiary alicyclic amines) is 1. The number of piperidine rings is 1.